The minimum Gasteiger partial charge on any atom is -0.356 e. The van der Waals surface area contributed by atoms with Crippen LogP contribution in [0, 0.1) is 6.92 Å². The van der Waals surface area contributed by atoms with Crippen LogP contribution < -0.4 is 4.90 Å². The van der Waals surface area contributed by atoms with Crippen LogP contribution in [0.15, 0.2) is 48.7 Å². The number of hydrogen-bond donors (Lipinski definition) is 1. The lowest BCUT2D eigenvalue weighted by Gasteiger charge is -2.36. The van der Waals surface area contributed by atoms with Crippen molar-refractivity contribution < 1.29 is 13.2 Å². The minimum atomic E-state index is -4.59. The summed E-state index contributed by atoms with van der Waals surface area (Å²) in [4.78, 5) is 9.02. The second-order valence-corrected chi connectivity index (χ2v) is 8.04. The molecule has 2 aromatic heterocycles. The largest absolute Gasteiger partial charge is 0.435 e. The quantitative estimate of drug-likeness (QED) is 0.445. The lowest BCUT2D eigenvalue weighted by Crippen LogP contribution is -2.37. The Hall–Kier alpha value is -3.13. The normalized spacial score (nSPS) is 16.5. The Balaban J connectivity index is 1.69. The van der Waals surface area contributed by atoms with Gasteiger partial charge in [0.25, 0.3) is 0 Å². The van der Waals surface area contributed by atoms with Gasteiger partial charge in [0.1, 0.15) is 0 Å². The van der Waals surface area contributed by atoms with Crippen molar-refractivity contribution in [1.82, 2.24) is 20.2 Å². The zero-order valence-corrected chi connectivity index (χ0v) is 17.2. The summed E-state index contributed by atoms with van der Waals surface area (Å²) in [7, 11) is 0. The third-order valence-corrected chi connectivity index (χ3v) is 5.81. The van der Waals surface area contributed by atoms with Crippen LogP contribution in [0.3, 0.4) is 0 Å². The molecule has 0 saturated carbocycles. The topological polar surface area (TPSA) is 57.7 Å². The van der Waals surface area contributed by atoms with Gasteiger partial charge in [-0.05, 0) is 42.7 Å². The summed E-state index contributed by atoms with van der Waals surface area (Å²) in [5, 5.41) is 9.17. The molecule has 0 aliphatic carbocycles. The molecule has 0 bridgehead atoms. The number of nitrogens with one attached hydrogen (secondary N) is 1. The SMILES string of the molecule is Cc1ccc(C2c3[nH]c4ccc(Cl)cc4c3CCN2c2nncc(C(F)(F)F)n2)cc1. The predicted molar refractivity (Wildman–Crippen MR) is 112 cm³/mol. The number of anilines is 1. The van der Waals surface area contributed by atoms with Gasteiger partial charge in [-0.1, -0.05) is 41.4 Å². The van der Waals surface area contributed by atoms with Gasteiger partial charge in [0.2, 0.25) is 5.95 Å². The first-order valence-corrected chi connectivity index (χ1v) is 10.1. The molecule has 0 fully saturated rings. The van der Waals surface area contributed by atoms with Crippen LogP contribution in [0.5, 0.6) is 0 Å². The highest BCUT2D eigenvalue weighted by atomic mass is 35.5. The summed E-state index contributed by atoms with van der Waals surface area (Å²) < 4.78 is 39.7. The van der Waals surface area contributed by atoms with E-state index in [1.54, 1.807) is 4.90 Å². The van der Waals surface area contributed by atoms with E-state index in [1.165, 1.54) is 0 Å². The molecule has 158 valence electrons. The molecule has 9 heteroatoms. The number of rotatable bonds is 2. The number of aromatic amines is 1. The van der Waals surface area contributed by atoms with E-state index in [1.807, 2.05) is 49.4 Å². The number of aromatic nitrogens is 4. The number of fused-ring (bicyclic) bond motifs is 3. The van der Waals surface area contributed by atoms with E-state index in [0.29, 0.717) is 24.2 Å². The second kappa shape index (κ2) is 7.23. The number of alkyl halides is 3. The molecular weight excluding hydrogens is 427 g/mol. The van der Waals surface area contributed by atoms with E-state index in [2.05, 4.69) is 20.2 Å². The summed E-state index contributed by atoms with van der Waals surface area (Å²) >= 11 is 6.21. The van der Waals surface area contributed by atoms with Crippen molar-refractivity contribution in [1.29, 1.82) is 0 Å². The van der Waals surface area contributed by atoms with Gasteiger partial charge >= 0.3 is 6.18 Å². The summed E-state index contributed by atoms with van der Waals surface area (Å²) in [6.07, 6.45) is -3.34. The van der Waals surface area contributed by atoms with Crippen molar-refractivity contribution in [3.63, 3.8) is 0 Å². The average molecular weight is 444 g/mol. The van der Waals surface area contributed by atoms with Crippen LogP contribution in [0.25, 0.3) is 10.9 Å². The molecule has 1 aliphatic heterocycles. The van der Waals surface area contributed by atoms with E-state index in [9.17, 15) is 13.2 Å². The van der Waals surface area contributed by atoms with E-state index in [0.717, 1.165) is 33.3 Å². The van der Waals surface area contributed by atoms with Crippen molar-refractivity contribution in [3.05, 3.63) is 81.8 Å². The average Bonchev–Trinajstić information content (AvgIpc) is 3.11. The van der Waals surface area contributed by atoms with E-state index >= 15 is 0 Å². The Labute approximate surface area is 180 Å². The molecule has 4 aromatic rings. The number of H-pyrrole nitrogens is 1. The highest BCUT2D eigenvalue weighted by Gasteiger charge is 2.37. The monoisotopic (exact) mass is 443 g/mol. The van der Waals surface area contributed by atoms with E-state index < -0.39 is 11.9 Å². The van der Waals surface area contributed by atoms with Crippen LogP contribution in [0.2, 0.25) is 5.02 Å². The number of halogens is 4. The van der Waals surface area contributed by atoms with Gasteiger partial charge in [-0.2, -0.15) is 18.3 Å². The number of hydrogen-bond acceptors (Lipinski definition) is 4. The highest BCUT2D eigenvalue weighted by molar-refractivity contribution is 6.31. The molecule has 0 spiro atoms. The first-order valence-electron chi connectivity index (χ1n) is 9.71. The van der Waals surface area contributed by atoms with Gasteiger partial charge in [-0.25, -0.2) is 4.98 Å². The van der Waals surface area contributed by atoms with Gasteiger partial charge in [0, 0.05) is 28.2 Å². The van der Waals surface area contributed by atoms with Crippen molar-refractivity contribution in [2.24, 2.45) is 0 Å². The molecule has 1 atom stereocenters. The molecule has 0 amide bonds. The summed E-state index contributed by atoms with van der Waals surface area (Å²) in [6, 6.07) is 13.2. The molecule has 0 saturated heterocycles. The number of nitrogens with zero attached hydrogens (tertiary/aromatic N) is 4. The molecule has 31 heavy (non-hydrogen) atoms. The van der Waals surface area contributed by atoms with Crippen LogP contribution in [-0.4, -0.2) is 26.7 Å². The Bertz CT molecular complexity index is 1270. The fraction of sp³-hybridized carbons (Fsp3) is 0.227. The van der Waals surface area contributed by atoms with Crippen molar-refractivity contribution in [2.75, 3.05) is 11.4 Å². The van der Waals surface area contributed by atoms with Crippen LogP contribution in [0.1, 0.15) is 34.1 Å². The molecular formula is C22H17ClF3N5. The van der Waals surface area contributed by atoms with E-state index in [4.69, 9.17) is 11.6 Å². The first kappa shape index (κ1) is 19.8. The fourth-order valence-electron chi connectivity index (χ4n) is 4.12. The van der Waals surface area contributed by atoms with Crippen molar-refractivity contribution in [3.8, 4) is 0 Å². The van der Waals surface area contributed by atoms with Gasteiger partial charge in [-0.3, -0.25) is 0 Å². The van der Waals surface area contributed by atoms with Crippen molar-refractivity contribution >= 4 is 28.5 Å². The molecule has 1 unspecified atom stereocenters. The Kier molecular flexibility index (Phi) is 4.62. The van der Waals surface area contributed by atoms with Crippen LogP contribution in [0.4, 0.5) is 19.1 Å². The zero-order valence-electron chi connectivity index (χ0n) is 16.4. The molecule has 2 aromatic carbocycles. The van der Waals surface area contributed by atoms with Gasteiger partial charge in [0.05, 0.1) is 12.2 Å². The van der Waals surface area contributed by atoms with Gasteiger partial charge in [-0.15, -0.1) is 5.10 Å². The fourth-order valence-corrected chi connectivity index (χ4v) is 4.30. The third kappa shape index (κ3) is 3.50. The maximum atomic E-state index is 13.2. The minimum absolute atomic E-state index is 0.0530. The van der Waals surface area contributed by atoms with Crippen LogP contribution in [-0.2, 0) is 12.6 Å². The smallest absolute Gasteiger partial charge is 0.356 e. The molecule has 5 nitrogen and oxygen atoms in total. The standard InChI is InChI=1S/C22H17ClF3N5/c1-12-2-4-13(5-3-12)20-19-15(16-10-14(23)6-7-17(16)28-19)8-9-31(20)21-29-18(11-27-30-21)22(24,25)26/h2-7,10-11,20,28H,8-9H2,1H3. The number of benzene rings is 2. The lowest BCUT2D eigenvalue weighted by molar-refractivity contribution is -0.141. The Morgan fingerprint density at radius 2 is 1.90 bits per heavy atom. The second-order valence-electron chi connectivity index (χ2n) is 7.60. The summed E-state index contributed by atoms with van der Waals surface area (Å²) in [5.74, 6) is -0.0530. The molecule has 5 rings (SSSR count). The number of aryl methyl sites for hydroxylation is 1. The summed E-state index contributed by atoms with van der Waals surface area (Å²) in [5.41, 5.74) is 3.87. The molecule has 1 aliphatic rings. The molecule has 3 heterocycles. The zero-order chi connectivity index (χ0) is 21.8. The Morgan fingerprint density at radius 1 is 1.13 bits per heavy atom. The van der Waals surface area contributed by atoms with Gasteiger partial charge < -0.3 is 9.88 Å². The third-order valence-electron chi connectivity index (χ3n) is 5.58. The van der Waals surface area contributed by atoms with Gasteiger partial charge in [0.15, 0.2) is 5.69 Å². The molecule has 0 radical (unpaired) electrons. The maximum absolute atomic E-state index is 13.2. The van der Waals surface area contributed by atoms with Crippen LogP contribution >= 0.6 is 11.6 Å². The lowest BCUT2D eigenvalue weighted by atomic mass is 9.92. The van der Waals surface area contributed by atoms with E-state index in [-0.39, 0.29) is 12.0 Å². The van der Waals surface area contributed by atoms with Crippen molar-refractivity contribution in [2.45, 2.75) is 25.6 Å². The summed E-state index contributed by atoms with van der Waals surface area (Å²) in [6.45, 7) is 2.42. The highest BCUT2D eigenvalue weighted by Crippen LogP contribution is 2.40. The maximum Gasteiger partial charge on any atom is 0.435 e. The Morgan fingerprint density at radius 3 is 2.65 bits per heavy atom. The predicted octanol–water partition coefficient (Wildman–Crippen LogP) is 5.49. The molecule has 1 N–H and O–H groups in total. The first-order chi connectivity index (χ1) is 14.8.